The van der Waals surface area contributed by atoms with Crippen LogP contribution in [0.15, 0.2) is 73.1 Å². The summed E-state index contributed by atoms with van der Waals surface area (Å²) in [4.78, 5) is 24.5. The van der Waals surface area contributed by atoms with Crippen LogP contribution in [-0.2, 0) is 22.7 Å². The molecular weight excluding hydrogens is 528 g/mol. The maximum absolute atomic E-state index is 12.3. The van der Waals surface area contributed by atoms with Gasteiger partial charge in [0.05, 0.1) is 28.6 Å². The largest absolute Gasteiger partial charge is 0.398 e. The average molecular weight is 565 g/mol. The zero-order chi connectivity index (χ0) is 27.5. The minimum Gasteiger partial charge on any atom is -0.398 e. The molecule has 2 aromatic heterocycles. The number of benzene rings is 2. The topological polar surface area (TPSA) is 118 Å². The van der Waals surface area contributed by atoms with Gasteiger partial charge in [-0.15, -0.1) is 0 Å². The van der Waals surface area contributed by atoms with Crippen LogP contribution in [-0.4, -0.2) is 36.4 Å². The van der Waals surface area contributed by atoms with E-state index >= 15 is 0 Å². The van der Waals surface area contributed by atoms with E-state index in [0.29, 0.717) is 32.5 Å². The molecule has 0 aliphatic rings. The summed E-state index contributed by atoms with van der Waals surface area (Å²) in [6, 6.07) is 19.8. The number of pyridine rings is 2. The Morgan fingerprint density at radius 3 is 1.72 bits per heavy atom. The highest BCUT2D eigenvalue weighted by molar-refractivity contribution is 8.76. The molecule has 8 nitrogen and oxygen atoms in total. The van der Waals surface area contributed by atoms with Crippen molar-refractivity contribution in [3.8, 4) is 0 Å². The number of rotatable bonds is 14. The average Bonchev–Trinajstić information content (AvgIpc) is 2.95. The number of aryl methyl sites for hydroxylation is 2. The van der Waals surface area contributed by atoms with Gasteiger partial charge in [-0.3, -0.25) is 9.59 Å². The minimum absolute atomic E-state index is 0.0337. The molecule has 0 aliphatic heterocycles. The third kappa shape index (κ3) is 8.24. The third-order valence-corrected chi connectivity index (χ3v) is 8.81. The zero-order valence-corrected chi connectivity index (χ0v) is 23.6. The molecule has 2 amide bonds. The van der Waals surface area contributed by atoms with Crippen LogP contribution in [0.1, 0.15) is 19.3 Å². The molecular formula is C29H36N6O2S2+2. The number of hydrogen-bond donors (Lipinski definition) is 4. The van der Waals surface area contributed by atoms with Crippen molar-refractivity contribution < 1.29 is 18.7 Å². The maximum Gasteiger partial charge on any atom is 0.226 e. The van der Waals surface area contributed by atoms with Crippen LogP contribution in [0, 0.1) is 0 Å². The number of para-hydroxylation sites is 2. The highest BCUT2D eigenvalue weighted by Crippen LogP contribution is 2.20. The van der Waals surface area contributed by atoms with Gasteiger partial charge in [0.2, 0.25) is 22.8 Å². The van der Waals surface area contributed by atoms with E-state index < -0.39 is 0 Å². The highest BCUT2D eigenvalue weighted by Gasteiger charge is 2.13. The summed E-state index contributed by atoms with van der Waals surface area (Å²) in [7, 11) is 3.40. The Hall–Kier alpha value is -3.50. The first-order valence-corrected chi connectivity index (χ1v) is 15.6. The number of nitrogen functional groups attached to an aromatic ring is 2. The maximum atomic E-state index is 12.3. The molecule has 0 aliphatic carbocycles. The van der Waals surface area contributed by atoms with Crippen LogP contribution >= 0.6 is 21.6 Å². The van der Waals surface area contributed by atoms with Crippen LogP contribution in [0.25, 0.3) is 21.8 Å². The fourth-order valence-corrected chi connectivity index (χ4v) is 6.21. The number of hydrogen-bond acceptors (Lipinski definition) is 6. The fraction of sp³-hybridized carbons (Fsp3) is 0.310. The van der Waals surface area contributed by atoms with Crippen LogP contribution in [0.3, 0.4) is 0 Å². The number of nitrogens with zero attached hydrogens (tertiary/aromatic N) is 2. The number of nitrogens with two attached hydrogens (primary N) is 2. The molecule has 39 heavy (non-hydrogen) atoms. The normalized spacial score (nSPS) is 11.1. The van der Waals surface area contributed by atoms with Crippen molar-refractivity contribution in [1.29, 1.82) is 0 Å². The molecule has 0 spiro atoms. The second-order valence-corrected chi connectivity index (χ2v) is 11.9. The standard InChI is InChI=1S/C29H34N6O2S2/c30-24-11-17-34(26-8-3-1-6-22(24)26)16-5-10-28(36)32-14-20-38-39-21-15-33-29(37)13-19-35-18-12-25(31)23-7-2-4-9-27(23)35/h1-4,6-9,11-12,17-18,30-31H,5,10,13-16,19-21H2,(H2,32,33,36,37)/p+2. The van der Waals surface area contributed by atoms with Gasteiger partial charge in [0.15, 0.2) is 18.9 Å². The molecule has 4 aromatic rings. The highest BCUT2D eigenvalue weighted by atomic mass is 33.1. The summed E-state index contributed by atoms with van der Waals surface area (Å²) in [5.74, 6) is 1.74. The van der Waals surface area contributed by atoms with E-state index in [4.69, 9.17) is 11.5 Å². The lowest BCUT2D eigenvalue weighted by atomic mass is 10.2. The first-order valence-electron chi connectivity index (χ1n) is 13.1. The minimum atomic E-state index is 0.0337. The Kier molecular flexibility index (Phi) is 10.7. The van der Waals surface area contributed by atoms with Crippen LogP contribution in [0.4, 0.5) is 11.4 Å². The van der Waals surface area contributed by atoms with Gasteiger partial charge in [0.1, 0.15) is 6.54 Å². The molecule has 4 rings (SSSR count). The third-order valence-electron chi connectivity index (χ3n) is 6.40. The van der Waals surface area contributed by atoms with E-state index in [9.17, 15) is 9.59 Å². The molecule has 2 heterocycles. The van der Waals surface area contributed by atoms with Crippen molar-refractivity contribution in [1.82, 2.24) is 10.6 Å². The van der Waals surface area contributed by atoms with E-state index in [1.807, 2.05) is 73.1 Å². The van der Waals surface area contributed by atoms with Gasteiger partial charge in [0, 0.05) is 61.7 Å². The zero-order valence-electron chi connectivity index (χ0n) is 22.0. The molecule has 0 radical (unpaired) electrons. The Balaban J connectivity index is 1.03. The van der Waals surface area contributed by atoms with E-state index in [1.54, 1.807) is 21.6 Å². The lowest BCUT2D eigenvalue weighted by Gasteiger charge is -2.07. The number of nitrogens with one attached hydrogen (secondary N) is 2. The lowest BCUT2D eigenvalue weighted by Crippen LogP contribution is -2.38. The van der Waals surface area contributed by atoms with Crippen molar-refractivity contribution in [2.24, 2.45) is 0 Å². The van der Waals surface area contributed by atoms with E-state index in [1.165, 1.54) is 0 Å². The van der Waals surface area contributed by atoms with Crippen molar-refractivity contribution in [3.63, 3.8) is 0 Å². The molecule has 0 bridgehead atoms. The smallest absolute Gasteiger partial charge is 0.226 e. The van der Waals surface area contributed by atoms with Gasteiger partial charge in [-0.1, -0.05) is 45.9 Å². The quantitative estimate of drug-likeness (QED) is 0.106. The number of carbonyl (C=O) groups excluding carboxylic acids is 2. The number of anilines is 2. The van der Waals surface area contributed by atoms with E-state index in [-0.39, 0.29) is 11.8 Å². The molecule has 0 fully saturated rings. The summed E-state index contributed by atoms with van der Waals surface area (Å²) >= 11 is 0. The Morgan fingerprint density at radius 2 is 1.15 bits per heavy atom. The van der Waals surface area contributed by atoms with Gasteiger partial charge >= 0.3 is 0 Å². The molecule has 2 aromatic carbocycles. The van der Waals surface area contributed by atoms with E-state index in [0.717, 1.165) is 57.7 Å². The second kappa shape index (κ2) is 14.6. The monoisotopic (exact) mass is 564 g/mol. The lowest BCUT2D eigenvalue weighted by molar-refractivity contribution is -0.671. The summed E-state index contributed by atoms with van der Waals surface area (Å²) in [6.45, 7) is 2.62. The van der Waals surface area contributed by atoms with Gasteiger partial charge < -0.3 is 22.1 Å². The van der Waals surface area contributed by atoms with Gasteiger partial charge in [-0.05, 0) is 12.1 Å². The number of aromatic nitrogens is 2. The molecule has 204 valence electrons. The Morgan fingerprint density at radius 1 is 0.667 bits per heavy atom. The van der Waals surface area contributed by atoms with Crippen LogP contribution in [0.5, 0.6) is 0 Å². The summed E-state index contributed by atoms with van der Waals surface area (Å²) in [5, 5.41) is 8.00. The second-order valence-electron chi connectivity index (χ2n) is 9.16. The number of fused-ring (bicyclic) bond motifs is 2. The van der Waals surface area contributed by atoms with E-state index in [2.05, 4.69) is 19.8 Å². The SMILES string of the molecule is Nc1cc[n+](CCCC(=O)NCCSSCCNC(=O)CC[n+]2ccc(N)c3ccccc32)c2ccccc12. The first-order chi connectivity index (χ1) is 19.0. The van der Waals surface area contributed by atoms with Crippen molar-refractivity contribution in [3.05, 3.63) is 73.1 Å². The first kappa shape index (κ1) is 28.5. The van der Waals surface area contributed by atoms with Crippen LogP contribution in [0.2, 0.25) is 0 Å². The van der Waals surface area contributed by atoms with Crippen molar-refractivity contribution in [2.75, 3.05) is 36.1 Å². The number of carbonyl (C=O) groups is 2. The predicted octanol–water partition coefficient (Wildman–Crippen LogP) is 3.22. The van der Waals surface area contributed by atoms with Gasteiger partial charge in [-0.25, -0.2) is 0 Å². The van der Waals surface area contributed by atoms with Gasteiger partial charge in [0.25, 0.3) is 0 Å². The number of amides is 2. The predicted molar refractivity (Wildman–Crippen MR) is 162 cm³/mol. The molecule has 10 heteroatoms. The molecule has 0 atom stereocenters. The van der Waals surface area contributed by atoms with Crippen molar-refractivity contribution >= 4 is 66.6 Å². The molecule has 0 unspecified atom stereocenters. The fourth-order valence-electron chi connectivity index (χ4n) is 4.40. The van der Waals surface area contributed by atoms with Gasteiger partial charge in [-0.2, -0.15) is 9.13 Å². The van der Waals surface area contributed by atoms with Crippen LogP contribution < -0.4 is 31.2 Å². The Bertz CT molecular complexity index is 1430. The summed E-state index contributed by atoms with van der Waals surface area (Å²) in [6.07, 6.45) is 5.57. The Labute approximate surface area is 236 Å². The molecule has 0 saturated heterocycles. The summed E-state index contributed by atoms with van der Waals surface area (Å²) < 4.78 is 4.20. The summed E-state index contributed by atoms with van der Waals surface area (Å²) in [5.41, 5.74) is 15.7. The molecule has 6 N–H and O–H groups in total. The molecule has 0 saturated carbocycles. The van der Waals surface area contributed by atoms with Crippen molar-refractivity contribution in [2.45, 2.75) is 32.4 Å².